The zero-order valence-corrected chi connectivity index (χ0v) is 16.5. The number of hydrogen-bond donors (Lipinski definition) is 2. The van der Waals surface area contributed by atoms with Crippen LogP contribution in [0.5, 0.6) is 11.5 Å². The van der Waals surface area contributed by atoms with Gasteiger partial charge in [0, 0.05) is 5.92 Å². The quantitative estimate of drug-likeness (QED) is 0.720. The Morgan fingerprint density at radius 2 is 1.07 bits per heavy atom. The molecule has 0 aromatic heterocycles. The predicted molar refractivity (Wildman–Crippen MR) is 109 cm³/mol. The molecule has 0 spiro atoms. The molecule has 0 radical (unpaired) electrons. The van der Waals surface area contributed by atoms with Crippen molar-refractivity contribution in [2.24, 2.45) is 11.8 Å². The molecule has 0 amide bonds. The molecule has 4 rings (SSSR count). The number of aliphatic hydroxyl groups excluding tert-OH is 2. The molecule has 2 fully saturated rings. The summed E-state index contributed by atoms with van der Waals surface area (Å²) in [6.45, 7) is 3.58. The van der Waals surface area contributed by atoms with Crippen molar-refractivity contribution >= 4 is 0 Å². The lowest BCUT2D eigenvalue weighted by atomic mass is 9.83. The predicted octanol–water partition coefficient (Wildman–Crippen LogP) is 4.14. The molecule has 2 aliphatic rings. The summed E-state index contributed by atoms with van der Waals surface area (Å²) >= 11 is 0. The smallest absolute Gasteiger partial charge is 0.119 e. The second-order valence-corrected chi connectivity index (χ2v) is 8.46. The molecule has 4 heteroatoms. The first-order valence-electron chi connectivity index (χ1n) is 10.4. The second-order valence-electron chi connectivity index (χ2n) is 8.46. The summed E-state index contributed by atoms with van der Waals surface area (Å²) in [5, 5.41) is 18.7. The molecule has 2 aliphatic carbocycles. The summed E-state index contributed by atoms with van der Waals surface area (Å²) < 4.78 is 11.7. The number of benzene rings is 2. The van der Waals surface area contributed by atoms with Gasteiger partial charge in [-0.1, -0.05) is 31.2 Å². The summed E-state index contributed by atoms with van der Waals surface area (Å²) in [5.74, 6) is 3.06. The van der Waals surface area contributed by atoms with Crippen molar-refractivity contribution in [1.82, 2.24) is 0 Å². The van der Waals surface area contributed by atoms with E-state index in [0.717, 1.165) is 37.2 Å². The average Bonchev–Trinajstić information content (AvgIpc) is 2.67. The summed E-state index contributed by atoms with van der Waals surface area (Å²) in [4.78, 5) is 0. The monoisotopic (exact) mass is 382 g/mol. The van der Waals surface area contributed by atoms with Crippen LogP contribution in [0.15, 0.2) is 48.5 Å². The molecule has 2 N–H and O–H groups in total. The van der Waals surface area contributed by atoms with Gasteiger partial charge in [-0.2, -0.15) is 0 Å². The molecule has 2 saturated carbocycles. The standard InChI is InChI=1S/C24H30O4/c1-16(19-2-6-23(7-3-19)27-14-17-10-21(25)11-17)20-4-8-24(9-5-20)28-15-18-12-22(26)13-18/h2-9,16-18,21-22,25-26H,10-15H2,1H3. The van der Waals surface area contributed by atoms with Gasteiger partial charge in [0.1, 0.15) is 11.5 Å². The zero-order chi connectivity index (χ0) is 19.5. The first-order valence-corrected chi connectivity index (χ1v) is 10.4. The minimum atomic E-state index is -0.125. The van der Waals surface area contributed by atoms with Crippen molar-refractivity contribution in [2.45, 2.75) is 50.7 Å². The van der Waals surface area contributed by atoms with Crippen LogP contribution in [0.25, 0.3) is 0 Å². The van der Waals surface area contributed by atoms with Crippen molar-refractivity contribution in [3.63, 3.8) is 0 Å². The number of aliphatic hydroxyl groups is 2. The fourth-order valence-electron chi connectivity index (χ4n) is 4.00. The van der Waals surface area contributed by atoms with Gasteiger partial charge in [-0.05, 0) is 72.9 Å². The maximum Gasteiger partial charge on any atom is 0.119 e. The van der Waals surface area contributed by atoms with Crippen molar-refractivity contribution in [3.8, 4) is 11.5 Å². The van der Waals surface area contributed by atoms with E-state index in [1.165, 1.54) is 11.1 Å². The van der Waals surface area contributed by atoms with Crippen molar-refractivity contribution in [3.05, 3.63) is 59.7 Å². The largest absolute Gasteiger partial charge is 0.493 e. The van der Waals surface area contributed by atoms with Crippen LogP contribution in [-0.4, -0.2) is 35.6 Å². The van der Waals surface area contributed by atoms with E-state index in [1.807, 2.05) is 24.3 Å². The Bertz CT molecular complexity index is 678. The molecule has 0 heterocycles. The lowest BCUT2D eigenvalue weighted by Gasteiger charge is -2.31. The summed E-state index contributed by atoms with van der Waals surface area (Å²) in [7, 11) is 0. The highest BCUT2D eigenvalue weighted by Crippen LogP contribution is 2.31. The topological polar surface area (TPSA) is 58.9 Å². The van der Waals surface area contributed by atoms with E-state index in [4.69, 9.17) is 9.47 Å². The lowest BCUT2D eigenvalue weighted by molar-refractivity contribution is 0.0201. The zero-order valence-electron chi connectivity index (χ0n) is 16.5. The van der Waals surface area contributed by atoms with Crippen LogP contribution in [0.4, 0.5) is 0 Å². The molecule has 4 nitrogen and oxygen atoms in total. The average molecular weight is 383 g/mol. The van der Waals surface area contributed by atoms with Gasteiger partial charge in [-0.3, -0.25) is 0 Å². The van der Waals surface area contributed by atoms with Gasteiger partial charge in [-0.15, -0.1) is 0 Å². The van der Waals surface area contributed by atoms with E-state index in [0.29, 0.717) is 31.0 Å². The Hall–Kier alpha value is -2.04. The fraction of sp³-hybridized carbons (Fsp3) is 0.500. The van der Waals surface area contributed by atoms with Gasteiger partial charge in [0.2, 0.25) is 0 Å². The molecule has 0 atom stereocenters. The van der Waals surface area contributed by atoms with Gasteiger partial charge in [-0.25, -0.2) is 0 Å². The molecule has 2 aromatic rings. The summed E-state index contributed by atoms with van der Waals surface area (Å²) in [6, 6.07) is 16.6. The van der Waals surface area contributed by atoms with Gasteiger partial charge in [0.05, 0.1) is 25.4 Å². The van der Waals surface area contributed by atoms with Crippen LogP contribution in [0, 0.1) is 11.8 Å². The minimum Gasteiger partial charge on any atom is -0.493 e. The van der Waals surface area contributed by atoms with Gasteiger partial charge >= 0.3 is 0 Å². The fourth-order valence-corrected chi connectivity index (χ4v) is 4.00. The first kappa shape index (κ1) is 19.3. The third-order valence-electron chi connectivity index (χ3n) is 6.15. The maximum absolute atomic E-state index is 9.34. The molecule has 0 bridgehead atoms. The molecule has 28 heavy (non-hydrogen) atoms. The Labute approximate surface area is 167 Å². The Morgan fingerprint density at radius 1 is 0.714 bits per heavy atom. The van der Waals surface area contributed by atoms with E-state index < -0.39 is 0 Å². The van der Waals surface area contributed by atoms with Gasteiger partial charge in [0.25, 0.3) is 0 Å². The Kier molecular flexibility index (Phi) is 5.88. The van der Waals surface area contributed by atoms with Crippen LogP contribution >= 0.6 is 0 Å². The highest BCUT2D eigenvalue weighted by molar-refractivity contribution is 5.37. The molecular weight excluding hydrogens is 352 g/mol. The van der Waals surface area contributed by atoms with Crippen molar-refractivity contribution in [2.75, 3.05) is 13.2 Å². The van der Waals surface area contributed by atoms with Crippen molar-refractivity contribution < 1.29 is 19.7 Å². The van der Waals surface area contributed by atoms with Crippen LogP contribution in [0.3, 0.4) is 0 Å². The Balaban J connectivity index is 1.27. The molecule has 0 saturated heterocycles. The molecule has 150 valence electrons. The molecule has 0 aliphatic heterocycles. The highest BCUT2D eigenvalue weighted by Gasteiger charge is 2.28. The van der Waals surface area contributed by atoms with E-state index in [2.05, 4.69) is 31.2 Å². The summed E-state index contributed by atoms with van der Waals surface area (Å²) in [6.07, 6.45) is 3.18. The number of hydrogen-bond acceptors (Lipinski definition) is 4. The number of rotatable bonds is 8. The lowest BCUT2D eigenvalue weighted by Crippen LogP contribution is -2.32. The normalized spacial score (nSPS) is 27.4. The second kappa shape index (κ2) is 8.54. The van der Waals surface area contributed by atoms with Crippen LogP contribution in [0.2, 0.25) is 0 Å². The summed E-state index contributed by atoms with van der Waals surface area (Å²) in [5.41, 5.74) is 2.51. The van der Waals surface area contributed by atoms with Crippen LogP contribution in [0.1, 0.15) is 49.7 Å². The first-order chi connectivity index (χ1) is 13.6. The Morgan fingerprint density at radius 3 is 1.39 bits per heavy atom. The van der Waals surface area contributed by atoms with Crippen LogP contribution < -0.4 is 9.47 Å². The SMILES string of the molecule is CC(c1ccc(OCC2CC(O)C2)cc1)c1ccc(OCC2CC(O)C2)cc1. The molecule has 2 aromatic carbocycles. The maximum atomic E-state index is 9.34. The highest BCUT2D eigenvalue weighted by atomic mass is 16.5. The third-order valence-corrected chi connectivity index (χ3v) is 6.15. The third kappa shape index (κ3) is 4.68. The van der Waals surface area contributed by atoms with Gasteiger partial charge < -0.3 is 19.7 Å². The molecule has 0 unspecified atom stereocenters. The minimum absolute atomic E-state index is 0.125. The van der Waals surface area contributed by atoms with E-state index in [-0.39, 0.29) is 12.2 Å². The number of ether oxygens (including phenoxy) is 2. The van der Waals surface area contributed by atoms with E-state index in [1.54, 1.807) is 0 Å². The van der Waals surface area contributed by atoms with Gasteiger partial charge in [0.15, 0.2) is 0 Å². The van der Waals surface area contributed by atoms with E-state index in [9.17, 15) is 10.2 Å². The van der Waals surface area contributed by atoms with Crippen molar-refractivity contribution in [1.29, 1.82) is 0 Å². The van der Waals surface area contributed by atoms with E-state index >= 15 is 0 Å². The van der Waals surface area contributed by atoms with Crippen LogP contribution in [-0.2, 0) is 0 Å². The molecular formula is C24H30O4.